The van der Waals surface area contributed by atoms with Crippen LogP contribution in [0.2, 0.25) is 0 Å². The maximum atomic E-state index is 10.9. The Labute approximate surface area is 102 Å². The Hall–Kier alpha value is -0.450. The second-order valence-electron chi connectivity index (χ2n) is 2.92. The second-order valence-corrected chi connectivity index (χ2v) is 4.73. The van der Waals surface area contributed by atoms with E-state index in [0.717, 1.165) is 0 Å². The van der Waals surface area contributed by atoms with Gasteiger partial charge in [-0.15, -0.1) is 0 Å². The molecule has 0 aliphatic carbocycles. The van der Waals surface area contributed by atoms with Crippen LogP contribution in [-0.4, -0.2) is 34.8 Å². The van der Waals surface area contributed by atoms with Crippen molar-refractivity contribution < 1.29 is 23.6 Å². The third-order valence-electron chi connectivity index (χ3n) is 1.84. The van der Waals surface area contributed by atoms with Crippen molar-refractivity contribution in [1.82, 2.24) is 4.90 Å². The summed E-state index contributed by atoms with van der Waals surface area (Å²) < 4.78 is 31.5. The topological polar surface area (TPSA) is 91.8 Å². The van der Waals surface area contributed by atoms with Crippen LogP contribution in [0.15, 0.2) is 0 Å². The molecule has 0 spiro atoms. The molecule has 0 aromatic heterocycles. The Morgan fingerprint density at radius 3 is 2.06 bits per heavy atom. The number of aliphatic carboxylic acids is 1. The molecule has 0 amide bonds. The van der Waals surface area contributed by atoms with Crippen molar-refractivity contribution in [3.63, 3.8) is 0 Å². The fraction of sp³-hybridized carbons (Fsp3) is 0.625. The molecule has 0 radical (unpaired) electrons. The normalized spacial score (nSPS) is 11.6. The number of carbonyl (C=O) groups is 1. The predicted molar refractivity (Wildman–Crippen MR) is 62.8 cm³/mol. The van der Waals surface area contributed by atoms with Crippen LogP contribution >= 0.6 is 24.3 Å². The maximum absolute atomic E-state index is 10.9. The van der Waals surface area contributed by atoms with Gasteiger partial charge in [-0.2, -0.15) is 0 Å². The Morgan fingerprint density at radius 2 is 1.71 bits per heavy atom. The zero-order valence-electron chi connectivity index (χ0n) is 8.77. The molecule has 0 rings (SSSR count). The number of carboxylic acid groups (broad SMARTS) is 1. The van der Waals surface area contributed by atoms with Crippen LogP contribution in [0.1, 0.15) is 12.8 Å². The first kappa shape index (κ1) is 16.6. The molecular formula is C8H10NO5P3. The standard InChI is InChI=1S/C8H10NO5P3/c10-8(11)2-1-7(17-14)9(3-5-15-12)4-6-16-13/h7H,1-4H2,(H,10,11). The first-order valence-electron chi connectivity index (χ1n) is 4.54. The van der Waals surface area contributed by atoms with Crippen LogP contribution in [0.4, 0.5) is 0 Å². The van der Waals surface area contributed by atoms with Gasteiger partial charge in [-0.1, -0.05) is 0 Å². The average Bonchev–Trinajstić information content (AvgIpc) is 2.31. The van der Waals surface area contributed by atoms with Crippen molar-refractivity contribution in [3.8, 4) is 11.3 Å². The van der Waals surface area contributed by atoms with Crippen LogP contribution < -0.4 is 0 Å². The summed E-state index contributed by atoms with van der Waals surface area (Å²) in [7, 11) is -0.821. The number of hydrogen-bond donors (Lipinski definition) is 1. The van der Waals surface area contributed by atoms with E-state index in [4.69, 9.17) is 5.11 Å². The fourth-order valence-electron chi connectivity index (χ4n) is 1.06. The molecule has 0 aromatic rings. The van der Waals surface area contributed by atoms with Crippen LogP contribution in [0.25, 0.3) is 0 Å². The zero-order valence-corrected chi connectivity index (χ0v) is 11.5. The number of nitrogens with zero attached hydrogens (tertiary/aromatic N) is 1. The Morgan fingerprint density at radius 1 is 1.18 bits per heavy atom. The van der Waals surface area contributed by atoms with Crippen molar-refractivity contribution in [2.45, 2.75) is 18.6 Å². The SMILES string of the molecule is O=PC(CCC(=O)O)N(CC#P=O)CC#P=O. The molecule has 1 atom stereocenters. The van der Waals surface area contributed by atoms with E-state index in [2.05, 4.69) is 11.3 Å². The Balaban J connectivity index is 4.64. The number of carboxylic acids is 1. The van der Waals surface area contributed by atoms with Crippen LogP contribution in [0.5, 0.6) is 0 Å². The van der Waals surface area contributed by atoms with E-state index in [1.54, 1.807) is 0 Å². The van der Waals surface area contributed by atoms with Crippen LogP contribution in [0, 0.1) is 11.3 Å². The minimum absolute atomic E-state index is 0.124. The van der Waals surface area contributed by atoms with Crippen molar-refractivity contribution in [1.29, 1.82) is 0 Å². The quantitative estimate of drug-likeness (QED) is 0.724. The van der Waals surface area contributed by atoms with Gasteiger partial charge in [0.15, 0.2) is 0 Å². The monoisotopic (exact) mass is 293 g/mol. The third kappa shape index (κ3) is 8.30. The van der Waals surface area contributed by atoms with E-state index in [0.29, 0.717) is 0 Å². The van der Waals surface area contributed by atoms with Crippen molar-refractivity contribution in [2.24, 2.45) is 0 Å². The molecule has 0 saturated carbocycles. The second kappa shape index (κ2) is 10.7. The first-order valence-corrected chi connectivity index (χ1v) is 7.05. The van der Waals surface area contributed by atoms with Crippen LogP contribution in [-0.2, 0) is 18.5 Å². The molecule has 9 heteroatoms. The van der Waals surface area contributed by atoms with E-state index < -0.39 is 11.8 Å². The van der Waals surface area contributed by atoms with Gasteiger partial charge in [-0.25, -0.2) is 0 Å². The summed E-state index contributed by atoms with van der Waals surface area (Å²) in [6, 6.07) is 0. The van der Waals surface area contributed by atoms with Gasteiger partial charge < -0.3 is 0 Å². The molecule has 0 aromatic carbocycles. The summed E-state index contributed by atoms with van der Waals surface area (Å²) in [5.41, 5.74) is 4.93. The van der Waals surface area contributed by atoms with Gasteiger partial charge in [0.1, 0.15) is 0 Å². The molecule has 0 saturated heterocycles. The van der Waals surface area contributed by atoms with E-state index in [1.807, 2.05) is 0 Å². The van der Waals surface area contributed by atoms with Crippen LogP contribution in [0.3, 0.4) is 0 Å². The molecule has 92 valence electrons. The van der Waals surface area contributed by atoms with Gasteiger partial charge in [-0.3, -0.25) is 0 Å². The Bertz CT molecular complexity index is 437. The van der Waals surface area contributed by atoms with Gasteiger partial charge in [0.25, 0.3) is 0 Å². The molecule has 6 nitrogen and oxygen atoms in total. The van der Waals surface area contributed by atoms with Crippen molar-refractivity contribution >= 4 is 30.3 Å². The van der Waals surface area contributed by atoms with E-state index >= 15 is 0 Å². The summed E-state index contributed by atoms with van der Waals surface area (Å²) in [6.07, 6.45) is 0.0514. The van der Waals surface area contributed by atoms with Crippen molar-refractivity contribution in [3.05, 3.63) is 0 Å². The zero-order chi connectivity index (χ0) is 13.1. The molecule has 0 aliphatic rings. The third-order valence-corrected chi connectivity index (χ3v) is 3.21. The molecule has 1 unspecified atom stereocenters. The Kier molecular flexibility index (Phi) is 10.4. The molecule has 1 N–H and O–H groups in total. The minimum atomic E-state index is -0.983. The van der Waals surface area contributed by atoms with E-state index in [9.17, 15) is 18.5 Å². The summed E-state index contributed by atoms with van der Waals surface area (Å²) in [6.45, 7) is 0.264. The number of rotatable bonds is 7. The predicted octanol–water partition coefficient (Wildman–Crippen LogP) is 2.27. The van der Waals surface area contributed by atoms with Gasteiger partial charge >= 0.3 is 102 Å². The van der Waals surface area contributed by atoms with Crippen molar-refractivity contribution in [2.75, 3.05) is 13.1 Å². The molecule has 0 bridgehead atoms. The van der Waals surface area contributed by atoms with Gasteiger partial charge in [0.05, 0.1) is 0 Å². The van der Waals surface area contributed by atoms with E-state index in [1.165, 1.54) is 4.90 Å². The number of hydrogen-bond acceptors (Lipinski definition) is 5. The molecule has 0 fully saturated rings. The summed E-state index contributed by atoms with van der Waals surface area (Å²) >= 11 is 0. The molecule has 0 aliphatic heterocycles. The summed E-state index contributed by atoms with van der Waals surface area (Å²) in [5, 5.41) is 8.53. The van der Waals surface area contributed by atoms with Gasteiger partial charge in [0.2, 0.25) is 0 Å². The molecule has 0 heterocycles. The fourth-order valence-corrected chi connectivity index (χ4v) is 2.07. The summed E-state index contributed by atoms with van der Waals surface area (Å²) in [4.78, 5) is 11.9. The molecular weight excluding hydrogens is 283 g/mol. The van der Waals surface area contributed by atoms with E-state index in [-0.39, 0.29) is 50.2 Å². The van der Waals surface area contributed by atoms with Gasteiger partial charge in [-0.05, 0) is 0 Å². The average molecular weight is 293 g/mol. The summed E-state index contributed by atoms with van der Waals surface area (Å²) in [5.74, 6) is -1.53. The first-order chi connectivity index (χ1) is 8.15. The molecule has 17 heavy (non-hydrogen) atoms. The van der Waals surface area contributed by atoms with Gasteiger partial charge in [0, 0.05) is 0 Å².